The summed E-state index contributed by atoms with van der Waals surface area (Å²) in [7, 11) is 1.68. The lowest BCUT2D eigenvalue weighted by Crippen LogP contribution is -2.40. The van der Waals surface area contributed by atoms with Crippen LogP contribution >= 0.6 is 0 Å². The summed E-state index contributed by atoms with van der Waals surface area (Å²) in [4.78, 5) is 2.43. The molecule has 22 heavy (non-hydrogen) atoms. The minimum absolute atomic E-state index is 0.145. The Morgan fingerprint density at radius 2 is 2.00 bits per heavy atom. The number of ether oxygens (including phenoxy) is 3. The van der Waals surface area contributed by atoms with Crippen molar-refractivity contribution in [3.8, 4) is 11.5 Å². The van der Waals surface area contributed by atoms with Crippen LogP contribution in [-0.2, 0) is 11.3 Å². The molecule has 1 aromatic rings. The molecule has 0 aliphatic carbocycles. The van der Waals surface area contributed by atoms with Crippen LogP contribution in [0.3, 0.4) is 0 Å². The number of nitrogens with one attached hydrogen (secondary N) is 1. The number of nitrogens with zero attached hydrogens (tertiary/aromatic N) is 1. The lowest BCUT2D eigenvalue weighted by Gasteiger charge is -2.26. The van der Waals surface area contributed by atoms with Crippen molar-refractivity contribution in [2.24, 2.45) is 0 Å². The molecule has 0 aromatic heterocycles. The molecule has 124 valence electrons. The molecule has 1 fully saturated rings. The zero-order valence-corrected chi connectivity index (χ0v) is 13.9. The van der Waals surface area contributed by atoms with Crippen LogP contribution in [0, 0.1) is 0 Å². The first-order valence-electron chi connectivity index (χ1n) is 8.03. The van der Waals surface area contributed by atoms with Crippen LogP contribution in [0.25, 0.3) is 0 Å². The van der Waals surface area contributed by atoms with Crippen molar-refractivity contribution in [2.75, 3.05) is 46.5 Å². The summed E-state index contributed by atoms with van der Waals surface area (Å²) in [5.41, 5.74) is 1.20. The van der Waals surface area contributed by atoms with Crippen molar-refractivity contribution in [3.05, 3.63) is 23.8 Å². The van der Waals surface area contributed by atoms with Gasteiger partial charge in [-0.05, 0) is 31.5 Å². The van der Waals surface area contributed by atoms with Crippen LogP contribution in [0.1, 0.15) is 19.4 Å². The summed E-state index contributed by atoms with van der Waals surface area (Å²) < 4.78 is 16.5. The maximum absolute atomic E-state index is 5.73. The number of rotatable bonds is 8. The molecule has 0 radical (unpaired) electrons. The predicted octanol–water partition coefficient (Wildman–Crippen LogP) is 1.90. The quantitative estimate of drug-likeness (QED) is 0.743. The second-order valence-corrected chi connectivity index (χ2v) is 5.78. The van der Waals surface area contributed by atoms with Gasteiger partial charge in [-0.2, -0.15) is 0 Å². The van der Waals surface area contributed by atoms with E-state index in [0.29, 0.717) is 0 Å². The van der Waals surface area contributed by atoms with E-state index in [2.05, 4.69) is 16.3 Å². The molecule has 0 amide bonds. The van der Waals surface area contributed by atoms with Crippen LogP contribution in [0.15, 0.2) is 18.2 Å². The largest absolute Gasteiger partial charge is 0.493 e. The minimum atomic E-state index is 0.145. The highest BCUT2D eigenvalue weighted by molar-refractivity contribution is 5.43. The Hall–Kier alpha value is -1.30. The van der Waals surface area contributed by atoms with Crippen molar-refractivity contribution in [1.82, 2.24) is 10.2 Å². The van der Waals surface area contributed by atoms with Crippen molar-refractivity contribution in [1.29, 1.82) is 0 Å². The van der Waals surface area contributed by atoms with E-state index in [0.717, 1.165) is 57.4 Å². The second-order valence-electron chi connectivity index (χ2n) is 5.78. The standard InChI is InChI=1S/C17H28N2O3/c1-14(2)22-16-5-4-15(12-17(16)20-3)13-18-6-7-19-8-10-21-11-9-19/h4-5,12,14,18H,6-11,13H2,1-3H3. The van der Waals surface area contributed by atoms with Gasteiger partial charge >= 0.3 is 0 Å². The van der Waals surface area contributed by atoms with Gasteiger partial charge in [0.2, 0.25) is 0 Å². The molecule has 0 atom stereocenters. The average Bonchev–Trinajstić information content (AvgIpc) is 2.53. The number of hydrogen-bond donors (Lipinski definition) is 1. The molecular formula is C17H28N2O3. The lowest BCUT2D eigenvalue weighted by molar-refractivity contribution is 0.0384. The Morgan fingerprint density at radius 1 is 1.23 bits per heavy atom. The molecule has 1 aromatic carbocycles. The highest BCUT2D eigenvalue weighted by Gasteiger charge is 2.10. The molecule has 2 rings (SSSR count). The van der Waals surface area contributed by atoms with Gasteiger partial charge in [-0.15, -0.1) is 0 Å². The summed E-state index contributed by atoms with van der Waals surface area (Å²) in [5.74, 6) is 1.59. The number of methoxy groups -OCH3 is 1. The Kier molecular flexibility index (Phi) is 6.96. The summed E-state index contributed by atoms with van der Waals surface area (Å²) in [5, 5.41) is 3.48. The van der Waals surface area contributed by atoms with E-state index in [4.69, 9.17) is 14.2 Å². The molecule has 1 aliphatic heterocycles. The van der Waals surface area contributed by atoms with E-state index in [1.54, 1.807) is 7.11 Å². The van der Waals surface area contributed by atoms with E-state index in [-0.39, 0.29) is 6.10 Å². The van der Waals surface area contributed by atoms with Crippen LogP contribution < -0.4 is 14.8 Å². The molecule has 0 saturated carbocycles. The average molecular weight is 308 g/mol. The molecule has 1 heterocycles. The van der Waals surface area contributed by atoms with Crippen LogP contribution in [0.2, 0.25) is 0 Å². The monoisotopic (exact) mass is 308 g/mol. The zero-order valence-electron chi connectivity index (χ0n) is 13.9. The SMILES string of the molecule is COc1cc(CNCCN2CCOCC2)ccc1OC(C)C. The predicted molar refractivity (Wildman–Crippen MR) is 87.7 cm³/mol. The van der Waals surface area contributed by atoms with E-state index in [1.165, 1.54) is 5.56 Å². The molecular weight excluding hydrogens is 280 g/mol. The van der Waals surface area contributed by atoms with E-state index >= 15 is 0 Å². The second kappa shape index (κ2) is 8.98. The molecule has 0 spiro atoms. The van der Waals surface area contributed by atoms with Gasteiger partial charge in [-0.3, -0.25) is 4.90 Å². The van der Waals surface area contributed by atoms with Crippen LogP contribution in [0.5, 0.6) is 11.5 Å². The minimum Gasteiger partial charge on any atom is -0.493 e. The van der Waals surface area contributed by atoms with Gasteiger partial charge < -0.3 is 19.5 Å². The maximum atomic E-state index is 5.73. The molecule has 0 unspecified atom stereocenters. The highest BCUT2D eigenvalue weighted by Crippen LogP contribution is 2.28. The zero-order chi connectivity index (χ0) is 15.8. The Balaban J connectivity index is 1.77. The van der Waals surface area contributed by atoms with Crippen molar-refractivity contribution in [2.45, 2.75) is 26.5 Å². The highest BCUT2D eigenvalue weighted by atomic mass is 16.5. The molecule has 1 saturated heterocycles. The van der Waals surface area contributed by atoms with E-state index < -0.39 is 0 Å². The van der Waals surface area contributed by atoms with Gasteiger partial charge in [0.25, 0.3) is 0 Å². The van der Waals surface area contributed by atoms with Crippen LogP contribution in [-0.4, -0.2) is 57.5 Å². The summed E-state index contributed by atoms with van der Waals surface area (Å²) in [6.07, 6.45) is 0.145. The van der Waals surface area contributed by atoms with Gasteiger partial charge in [0.1, 0.15) is 0 Å². The number of benzene rings is 1. The summed E-state index contributed by atoms with van der Waals surface area (Å²) in [6.45, 7) is 10.7. The fourth-order valence-electron chi connectivity index (χ4n) is 2.47. The number of hydrogen-bond acceptors (Lipinski definition) is 5. The Bertz CT molecular complexity index is 446. The normalized spacial score (nSPS) is 16.0. The van der Waals surface area contributed by atoms with Gasteiger partial charge in [0, 0.05) is 32.7 Å². The third-order valence-corrected chi connectivity index (χ3v) is 3.63. The smallest absolute Gasteiger partial charge is 0.161 e. The maximum Gasteiger partial charge on any atom is 0.161 e. The summed E-state index contributed by atoms with van der Waals surface area (Å²) in [6, 6.07) is 6.11. The molecule has 0 bridgehead atoms. The first-order chi connectivity index (χ1) is 10.7. The van der Waals surface area contributed by atoms with Gasteiger partial charge in [-0.1, -0.05) is 6.07 Å². The lowest BCUT2D eigenvalue weighted by atomic mass is 10.2. The fraction of sp³-hybridized carbons (Fsp3) is 0.647. The molecule has 1 aliphatic rings. The third kappa shape index (κ3) is 5.48. The van der Waals surface area contributed by atoms with Crippen molar-refractivity contribution in [3.63, 3.8) is 0 Å². The Morgan fingerprint density at radius 3 is 2.68 bits per heavy atom. The van der Waals surface area contributed by atoms with Crippen molar-refractivity contribution < 1.29 is 14.2 Å². The molecule has 5 nitrogen and oxygen atoms in total. The molecule has 5 heteroatoms. The Labute approximate surface area is 133 Å². The molecule has 1 N–H and O–H groups in total. The summed E-state index contributed by atoms with van der Waals surface area (Å²) >= 11 is 0. The number of morpholine rings is 1. The van der Waals surface area contributed by atoms with Crippen molar-refractivity contribution >= 4 is 0 Å². The van der Waals surface area contributed by atoms with Gasteiger partial charge in [0.05, 0.1) is 26.4 Å². The van der Waals surface area contributed by atoms with Gasteiger partial charge in [0.15, 0.2) is 11.5 Å². The van der Waals surface area contributed by atoms with E-state index in [1.807, 2.05) is 26.0 Å². The van der Waals surface area contributed by atoms with Crippen LogP contribution in [0.4, 0.5) is 0 Å². The first kappa shape index (κ1) is 17.1. The topological polar surface area (TPSA) is 43.0 Å². The fourth-order valence-corrected chi connectivity index (χ4v) is 2.47. The van der Waals surface area contributed by atoms with Gasteiger partial charge in [-0.25, -0.2) is 0 Å². The first-order valence-corrected chi connectivity index (χ1v) is 8.03. The third-order valence-electron chi connectivity index (χ3n) is 3.63. The van der Waals surface area contributed by atoms with E-state index in [9.17, 15) is 0 Å².